The van der Waals surface area contributed by atoms with Crippen LogP contribution in [0.5, 0.6) is 0 Å². The van der Waals surface area contributed by atoms with Crippen molar-refractivity contribution in [2.45, 2.75) is 26.3 Å². The van der Waals surface area contributed by atoms with Crippen LogP contribution in [-0.2, 0) is 11.2 Å². The number of amides is 1. The Kier molecular flexibility index (Phi) is 5.15. The molecule has 0 aromatic heterocycles. The fraction of sp³-hybridized carbons (Fsp3) is 0.562. The Balaban J connectivity index is 1.91. The van der Waals surface area contributed by atoms with Gasteiger partial charge in [0.1, 0.15) is 0 Å². The predicted octanol–water partition coefficient (Wildman–Crippen LogP) is 1.32. The molecule has 4 heteroatoms. The number of carbonyl (C=O) groups excluding carboxylic acids is 1. The molecule has 1 aliphatic heterocycles. The molecule has 0 spiro atoms. The van der Waals surface area contributed by atoms with E-state index in [1.807, 2.05) is 0 Å². The number of hydrogen-bond acceptors (Lipinski definition) is 3. The first-order valence-corrected chi connectivity index (χ1v) is 7.38. The Morgan fingerprint density at radius 2 is 2.00 bits per heavy atom. The molecule has 1 atom stereocenters. The number of hydrogen-bond donors (Lipinski definition) is 2. The normalized spacial score (nSPS) is 18.1. The first-order chi connectivity index (χ1) is 9.54. The van der Waals surface area contributed by atoms with Crippen LogP contribution in [0.25, 0.3) is 0 Å². The molecule has 0 bridgehead atoms. The van der Waals surface area contributed by atoms with Gasteiger partial charge in [0, 0.05) is 25.7 Å². The van der Waals surface area contributed by atoms with Crippen LogP contribution in [0, 0.1) is 5.92 Å². The SMILES string of the molecule is CC(C)Cc1ccc(C(N)CN2CCNC(=O)C2)cc1. The smallest absolute Gasteiger partial charge is 0.234 e. The summed E-state index contributed by atoms with van der Waals surface area (Å²) in [6, 6.07) is 8.53. The first kappa shape index (κ1) is 15.0. The van der Waals surface area contributed by atoms with Gasteiger partial charge in [-0.3, -0.25) is 9.69 Å². The van der Waals surface area contributed by atoms with Crippen LogP contribution in [0.1, 0.15) is 31.0 Å². The molecule has 1 aliphatic rings. The molecular weight excluding hydrogens is 250 g/mol. The third kappa shape index (κ3) is 4.32. The monoisotopic (exact) mass is 275 g/mol. The maximum absolute atomic E-state index is 11.3. The molecule has 20 heavy (non-hydrogen) atoms. The number of piperazine rings is 1. The van der Waals surface area contributed by atoms with Crippen molar-refractivity contribution in [3.05, 3.63) is 35.4 Å². The van der Waals surface area contributed by atoms with E-state index in [0.29, 0.717) is 12.5 Å². The molecule has 110 valence electrons. The molecule has 0 radical (unpaired) electrons. The van der Waals surface area contributed by atoms with Gasteiger partial charge in [-0.15, -0.1) is 0 Å². The third-order valence-corrected chi connectivity index (χ3v) is 3.62. The lowest BCUT2D eigenvalue weighted by Crippen LogP contribution is -2.49. The van der Waals surface area contributed by atoms with Gasteiger partial charge in [0.25, 0.3) is 0 Å². The average Bonchev–Trinajstić information content (AvgIpc) is 2.38. The molecule has 4 nitrogen and oxygen atoms in total. The van der Waals surface area contributed by atoms with Crippen molar-refractivity contribution in [3.8, 4) is 0 Å². The predicted molar refractivity (Wildman–Crippen MR) is 81.4 cm³/mol. The zero-order valence-corrected chi connectivity index (χ0v) is 12.4. The van der Waals surface area contributed by atoms with Crippen LogP contribution in [0.4, 0.5) is 0 Å². The van der Waals surface area contributed by atoms with E-state index in [-0.39, 0.29) is 11.9 Å². The molecule has 2 rings (SSSR count). The van der Waals surface area contributed by atoms with Crippen LogP contribution >= 0.6 is 0 Å². The molecule has 1 aromatic carbocycles. The summed E-state index contributed by atoms with van der Waals surface area (Å²) < 4.78 is 0. The summed E-state index contributed by atoms with van der Waals surface area (Å²) in [5.41, 5.74) is 8.75. The van der Waals surface area contributed by atoms with Crippen molar-refractivity contribution in [3.63, 3.8) is 0 Å². The minimum atomic E-state index is -0.0333. The number of carbonyl (C=O) groups is 1. The summed E-state index contributed by atoms with van der Waals surface area (Å²) in [7, 11) is 0. The lowest BCUT2D eigenvalue weighted by molar-refractivity contribution is -0.124. The van der Waals surface area contributed by atoms with Gasteiger partial charge in [0.05, 0.1) is 6.54 Å². The number of nitrogens with two attached hydrogens (primary N) is 1. The van der Waals surface area contributed by atoms with Crippen LogP contribution < -0.4 is 11.1 Å². The Hall–Kier alpha value is -1.39. The van der Waals surface area contributed by atoms with Gasteiger partial charge in [-0.25, -0.2) is 0 Å². The van der Waals surface area contributed by atoms with Crippen molar-refractivity contribution in [2.24, 2.45) is 11.7 Å². The zero-order valence-electron chi connectivity index (χ0n) is 12.4. The largest absolute Gasteiger partial charge is 0.354 e. The maximum atomic E-state index is 11.3. The lowest BCUT2D eigenvalue weighted by Gasteiger charge is -2.29. The molecule has 3 N–H and O–H groups in total. The van der Waals surface area contributed by atoms with Crippen molar-refractivity contribution < 1.29 is 4.79 Å². The van der Waals surface area contributed by atoms with Gasteiger partial charge >= 0.3 is 0 Å². The van der Waals surface area contributed by atoms with E-state index in [0.717, 1.165) is 31.6 Å². The fourth-order valence-electron chi connectivity index (χ4n) is 2.60. The Morgan fingerprint density at radius 3 is 2.60 bits per heavy atom. The molecular formula is C16H25N3O. The summed E-state index contributed by atoms with van der Waals surface area (Å²) in [5.74, 6) is 0.761. The maximum Gasteiger partial charge on any atom is 0.234 e. The van der Waals surface area contributed by atoms with E-state index in [9.17, 15) is 4.79 Å². The van der Waals surface area contributed by atoms with Gasteiger partial charge in [-0.05, 0) is 23.5 Å². The molecule has 1 fully saturated rings. The molecule has 1 heterocycles. The van der Waals surface area contributed by atoms with E-state index in [4.69, 9.17) is 5.73 Å². The highest BCUT2D eigenvalue weighted by Gasteiger charge is 2.18. The van der Waals surface area contributed by atoms with Gasteiger partial charge in [-0.1, -0.05) is 38.1 Å². The quantitative estimate of drug-likeness (QED) is 0.852. The van der Waals surface area contributed by atoms with Gasteiger partial charge in [0.15, 0.2) is 0 Å². The molecule has 1 amide bonds. The van der Waals surface area contributed by atoms with Gasteiger partial charge < -0.3 is 11.1 Å². The zero-order chi connectivity index (χ0) is 14.5. The second-order valence-corrected chi connectivity index (χ2v) is 6.03. The summed E-state index contributed by atoms with van der Waals surface area (Å²) in [6.07, 6.45) is 1.10. The second kappa shape index (κ2) is 6.86. The highest BCUT2D eigenvalue weighted by molar-refractivity contribution is 5.78. The van der Waals surface area contributed by atoms with E-state index in [2.05, 4.69) is 48.3 Å². The lowest BCUT2D eigenvalue weighted by atomic mass is 9.99. The summed E-state index contributed by atoms with van der Waals surface area (Å²) in [6.45, 7) is 7.24. The highest BCUT2D eigenvalue weighted by Crippen LogP contribution is 2.15. The van der Waals surface area contributed by atoms with Crippen LogP contribution in [0.3, 0.4) is 0 Å². The summed E-state index contributed by atoms with van der Waals surface area (Å²) in [4.78, 5) is 13.5. The second-order valence-electron chi connectivity index (χ2n) is 6.03. The van der Waals surface area contributed by atoms with E-state index in [1.165, 1.54) is 5.56 Å². The number of benzene rings is 1. The van der Waals surface area contributed by atoms with E-state index in [1.54, 1.807) is 0 Å². The van der Waals surface area contributed by atoms with Crippen molar-refractivity contribution in [1.29, 1.82) is 0 Å². The minimum absolute atomic E-state index is 0.0333. The highest BCUT2D eigenvalue weighted by atomic mass is 16.2. The van der Waals surface area contributed by atoms with Crippen LogP contribution in [-0.4, -0.2) is 37.0 Å². The fourth-order valence-corrected chi connectivity index (χ4v) is 2.60. The molecule has 1 unspecified atom stereocenters. The number of nitrogens with one attached hydrogen (secondary N) is 1. The molecule has 1 aromatic rings. The average molecular weight is 275 g/mol. The Labute approximate surface area is 121 Å². The van der Waals surface area contributed by atoms with E-state index < -0.39 is 0 Å². The van der Waals surface area contributed by atoms with Crippen LogP contribution in [0.2, 0.25) is 0 Å². The van der Waals surface area contributed by atoms with Gasteiger partial charge in [-0.2, -0.15) is 0 Å². The molecule has 0 saturated carbocycles. The number of nitrogens with zero attached hydrogens (tertiary/aromatic N) is 1. The minimum Gasteiger partial charge on any atom is -0.354 e. The third-order valence-electron chi connectivity index (χ3n) is 3.62. The first-order valence-electron chi connectivity index (χ1n) is 7.38. The van der Waals surface area contributed by atoms with Crippen molar-refractivity contribution in [2.75, 3.05) is 26.2 Å². The Bertz CT molecular complexity index is 442. The van der Waals surface area contributed by atoms with Crippen molar-refractivity contribution >= 4 is 5.91 Å². The van der Waals surface area contributed by atoms with Gasteiger partial charge in [0.2, 0.25) is 5.91 Å². The van der Waals surface area contributed by atoms with Crippen molar-refractivity contribution in [1.82, 2.24) is 10.2 Å². The standard InChI is InChI=1S/C16H25N3O/c1-12(2)9-13-3-5-14(6-4-13)15(17)10-19-8-7-18-16(20)11-19/h3-6,12,15H,7-11,17H2,1-2H3,(H,18,20). The summed E-state index contributed by atoms with van der Waals surface area (Å²) >= 11 is 0. The summed E-state index contributed by atoms with van der Waals surface area (Å²) in [5, 5.41) is 2.83. The topological polar surface area (TPSA) is 58.4 Å². The van der Waals surface area contributed by atoms with Crippen LogP contribution in [0.15, 0.2) is 24.3 Å². The Morgan fingerprint density at radius 1 is 1.30 bits per heavy atom. The van der Waals surface area contributed by atoms with E-state index >= 15 is 0 Å². The number of rotatable bonds is 5. The molecule has 0 aliphatic carbocycles. The molecule has 1 saturated heterocycles.